The minimum Gasteiger partial charge on any atom is -0.327 e. The lowest BCUT2D eigenvalue weighted by atomic mass is 9.68. The number of benzene rings is 5. The molecule has 2 aliphatic rings. The van der Waals surface area contributed by atoms with Gasteiger partial charge in [-0.15, -0.1) is 0 Å². The van der Waals surface area contributed by atoms with Crippen LogP contribution in [0.2, 0.25) is 0 Å². The van der Waals surface area contributed by atoms with E-state index in [9.17, 15) is 33.3 Å². The van der Waals surface area contributed by atoms with E-state index in [0.717, 1.165) is 33.6 Å². The smallest absolute Gasteiger partial charge is 0.327 e. The van der Waals surface area contributed by atoms with Crippen LogP contribution >= 0.6 is 0 Å². The molecule has 13 heteroatoms. The first-order valence-corrected chi connectivity index (χ1v) is 20.7. The summed E-state index contributed by atoms with van der Waals surface area (Å²) in [5.41, 5.74) is 6.80. The minimum absolute atomic E-state index is 0.0423. The van der Waals surface area contributed by atoms with E-state index in [4.69, 9.17) is 13.1 Å². The zero-order valence-electron chi connectivity index (χ0n) is 36.8. The van der Waals surface area contributed by atoms with Crippen LogP contribution in [0.5, 0.6) is 0 Å². The molecule has 7 rings (SSSR count). The van der Waals surface area contributed by atoms with Crippen LogP contribution in [0.25, 0.3) is 15.3 Å². The van der Waals surface area contributed by atoms with Crippen molar-refractivity contribution >= 4 is 57.2 Å². The number of anilines is 4. The molecular formula is C54H39F3N8O2. The number of nitrogens with one attached hydrogen (secondary N) is 2. The van der Waals surface area contributed by atoms with Gasteiger partial charge >= 0.3 is 12.1 Å². The molecule has 5 aromatic rings. The van der Waals surface area contributed by atoms with Gasteiger partial charge in [-0.3, -0.25) is 9.59 Å². The number of alkyl halides is 3. The fraction of sp³-hybridized carbons (Fsp3) is 0.111. The van der Waals surface area contributed by atoms with Gasteiger partial charge in [-0.2, -0.15) is 40.0 Å². The number of amides is 2. The molecule has 0 radical (unpaired) electrons. The second kappa shape index (κ2) is 18.9. The van der Waals surface area contributed by atoms with Crippen LogP contribution in [0.15, 0.2) is 167 Å². The second-order valence-corrected chi connectivity index (χ2v) is 15.8. The Kier molecular flexibility index (Phi) is 12.9. The van der Waals surface area contributed by atoms with E-state index in [2.05, 4.69) is 15.0 Å². The lowest BCUT2D eigenvalue weighted by Crippen LogP contribution is -2.38. The van der Waals surface area contributed by atoms with E-state index in [-0.39, 0.29) is 44.8 Å². The topological polar surface area (TPSA) is 121 Å². The van der Waals surface area contributed by atoms with Crippen LogP contribution < -0.4 is 20.1 Å². The molecular weight excluding hydrogens is 850 g/mol. The summed E-state index contributed by atoms with van der Waals surface area (Å²) >= 11 is 0. The van der Waals surface area contributed by atoms with Crippen LogP contribution in [0, 0.1) is 69.5 Å². The number of nitriles is 2. The first kappa shape index (κ1) is 45.8. The Labute approximate surface area is 386 Å². The molecule has 328 valence electrons. The maximum absolute atomic E-state index is 14.2. The fourth-order valence-electron chi connectivity index (χ4n) is 7.76. The number of allylic oxidation sites excluding steroid dienone is 6. The average molecular weight is 889 g/mol. The van der Waals surface area contributed by atoms with Crippen molar-refractivity contribution in [1.29, 1.82) is 10.5 Å². The molecule has 0 fully saturated rings. The lowest BCUT2D eigenvalue weighted by molar-refractivity contribution is -0.172. The summed E-state index contributed by atoms with van der Waals surface area (Å²) in [4.78, 5) is 34.8. The number of hydrogen-bond donors (Lipinski definition) is 2. The third-order valence-corrected chi connectivity index (χ3v) is 11.0. The Hall–Kier alpha value is -9.17. The third kappa shape index (κ3) is 9.40. The van der Waals surface area contributed by atoms with Gasteiger partial charge in [-0.05, 0) is 64.1 Å². The molecule has 0 bridgehead atoms. The number of halogens is 3. The standard InChI is InChI=1S/C54H38F3N8O2/c1-32-8-16-37(17-9-32)64(38-18-10-33(2)11-19-38)41-24-26-43(45(28-41)62-36(5)66)49-51(47(30-58)60-6)50(52(49)48(31-59)61-7)44-27-25-42(29-46(44)63-53(67)54(55,56)57)65(39-20-12-34(3)13-21-39)40-22-14-35(4)15-23-40/h8-29H,1-5H3,(H,62,63,66,67)/q-1/p+1/b51-47-. The van der Waals surface area contributed by atoms with Crippen molar-refractivity contribution < 1.29 is 22.8 Å². The third-order valence-electron chi connectivity index (χ3n) is 11.0. The van der Waals surface area contributed by atoms with Crippen LogP contribution in [0.3, 0.4) is 0 Å². The molecule has 0 aliphatic heterocycles. The van der Waals surface area contributed by atoms with E-state index in [0.29, 0.717) is 22.8 Å². The molecule has 2 N–H and O–H groups in total. The van der Waals surface area contributed by atoms with Gasteiger partial charge in [0.15, 0.2) is 0 Å². The quantitative estimate of drug-likeness (QED) is 0.0867. The zero-order chi connectivity index (χ0) is 48.2. The SMILES string of the molecule is [C-]#[N+]/C(C#N)=C1\C(=C2C=CC(=[N+](c3ccc(C)cc3)c3ccc(C)cc3)C=C2NC(=O)C(F)(F)F)C([C-](C#N)[N+]#[C-])=C1c1ccc(N(c2ccc(C)cc2)c2ccc(C)cc2)cc1NC(C)=O. The predicted octanol–water partition coefficient (Wildman–Crippen LogP) is 12.2. The van der Waals surface area contributed by atoms with Crippen LogP contribution in [0.1, 0.15) is 34.7 Å². The van der Waals surface area contributed by atoms with Crippen molar-refractivity contribution in [3.8, 4) is 12.1 Å². The fourth-order valence-corrected chi connectivity index (χ4v) is 7.76. The van der Waals surface area contributed by atoms with Gasteiger partial charge in [-0.25, -0.2) is 20.2 Å². The van der Waals surface area contributed by atoms with Crippen molar-refractivity contribution in [3.05, 3.63) is 224 Å². The minimum atomic E-state index is -5.34. The van der Waals surface area contributed by atoms with Gasteiger partial charge in [0.25, 0.3) is 0 Å². The van der Waals surface area contributed by atoms with Crippen molar-refractivity contribution in [3.63, 3.8) is 0 Å². The number of aryl methyl sites for hydroxylation is 4. The molecule has 5 aromatic carbocycles. The second-order valence-electron chi connectivity index (χ2n) is 15.8. The number of nitrogens with zero attached hydrogens (tertiary/aromatic N) is 6. The summed E-state index contributed by atoms with van der Waals surface area (Å²) in [7, 11) is 0. The molecule has 0 heterocycles. The normalized spacial score (nSPS) is 14.9. The van der Waals surface area contributed by atoms with Crippen molar-refractivity contribution in [2.24, 2.45) is 0 Å². The molecule has 0 saturated heterocycles. The highest BCUT2D eigenvalue weighted by Gasteiger charge is 2.40. The molecule has 67 heavy (non-hydrogen) atoms. The Morgan fingerprint density at radius 1 is 0.716 bits per heavy atom. The summed E-state index contributed by atoms with van der Waals surface area (Å²) in [6.45, 7) is 25.3. The maximum Gasteiger partial charge on any atom is 0.471 e. The van der Waals surface area contributed by atoms with Crippen molar-refractivity contribution in [1.82, 2.24) is 9.89 Å². The van der Waals surface area contributed by atoms with Crippen LogP contribution in [-0.2, 0) is 9.59 Å². The average Bonchev–Trinajstić information content (AvgIpc) is 3.29. The number of hydrogen-bond acceptors (Lipinski definition) is 5. The molecule has 0 spiro atoms. The Morgan fingerprint density at radius 2 is 1.22 bits per heavy atom. The lowest BCUT2D eigenvalue weighted by Gasteiger charge is -2.48. The highest BCUT2D eigenvalue weighted by molar-refractivity contribution is 6.13. The van der Waals surface area contributed by atoms with E-state index >= 15 is 0 Å². The molecule has 0 aromatic heterocycles. The monoisotopic (exact) mass is 888 g/mol. The van der Waals surface area contributed by atoms with E-state index in [1.807, 2.05) is 147 Å². The number of carbonyl (C=O) groups is 2. The van der Waals surface area contributed by atoms with Crippen molar-refractivity contribution in [2.75, 3.05) is 10.2 Å². The molecule has 10 nitrogen and oxygen atoms in total. The molecule has 0 atom stereocenters. The highest BCUT2D eigenvalue weighted by atomic mass is 19.4. The van der Waals surface area contributed by atoms with Crippen molar-refractivity contribution in [2.45, 2.75) is 40.8 Å². The summed E-state index contributed by atoms with van der Waals surface area (Å²) in [6, 6.07) is 38.7. The van der Waals surface area contributed by atoms with Crippen LogP contribution in [0.4, 0.5) is 47.3 Å². The largest absolute Gasteiger partial charge is 0.471 e. The maximum atomic E-state index is 14.2. The Bertz CT molecular complexity index is 3090. The Balaban J connectivity index is 1.54. The summed E-state index contributed by atoms with van der Waals surface area (Å²) in [5.74, 6) is -2.80. The van der Waals surface area contributed by atoms with E-state index in [1.165, 1.54) is 19.1 Å². The van der Waals surface area contributed by atoms with Gasteiger partial charge < -0.3 is 15.5 Å². The summed E-state index contributed by atoms with van der Waals surface area (Å²) in [5, 5.41) is 25.8. The first-order chi connectivity index (χ1) is 32.1. The van der Waals surface area contributed by atoms with Gasteiger partial charge in [0, 0.05) is 71.8 Å². The molecule has 2 aliphatic carbocycles. The number of carbonyl (C=O) groups excluding carboxylic acids is 2. The van der Waals surface area contributed by atoms with E-state index < -0.39 is 29.7 Å². The van der Waals surface area contributed by atoms with Gasteiger partial charge in [0.05, 0.1) is 25.3 Å². The summed E-state index contributed by atoms with van der Waals surface area (Å²) in [6.07, 6.45) is -1.01. The number of rotatable bonds is 9. The zero-order valence-corrected chi connectivity index (χ0v) is 36.8. The van der Waals surface area contributed by atoms with Gasteiger partial charge in [0.1, 0.15) is 0 Å². The first-order valence-electron chi connectivity index (χ1n) is 20.7. The van der Waals surface area contributed by atoms with Gasteiger partial charge in [-0.1, -0.05) is 94.1 Å². The highest BCUT2D eigenvalue weighted by Crippen LogP contribution is 2.56. The predicted molar refractivity (Wildman–Crippen MR) is 254 cm³/mol. The summed E-state index contributed by atoms with van der Waals surface area (Å²) < 4.78 is 44.3. The van der Waals surface area contributed by atoms with Crippen LogP contribution in [-0.4, -0.2) is 23.7 Å². The molecule has 0 unspecified atom stereocenters. The molecule has 0 saturated carbocycles. The molecule has 2 amide bonds. The van der Waals surface area contributed by atoms with Gasteiger partial charge in [0.2, 0.25) is 34.7 Å². The Morgan fingerprint density at radius 3 is 1.67 bits per heavy atom. The van der Waals surface area contributed by atoms with E-state index in [1.54, 1.807) is 28.9 Å².